The molecule has 0 unspecified atom stereocenters. The quantitative estimate of drug-likeness (QED) is 0.332. The number of rotatable bonds is 11. The summed E-state index contributed by atoms with van der Waals surface area (Å²) in [5.74, 6) is 1.44. The van der Waals surface area contributed by atoms with Gasteiger partial charge in [0.2, 0.25) is 0 Å². The van der Waals surface area contributed by atoms with E-state index in [1.54, 1.807) is 0 Å². The fraction of sp³-hybridized carbons (Fsp3) is 0.444. The van der Waals surface area contributed by atoms with Gasteiger partial charge in [-0.3, -0.25) is 4.79 Å². The van der Waals surface area contributed by atoms with Gasteiger partial charge in [-0.2, -0.15) is 0 Å². The number of nitrogens with one attached hydrogen (secondary N) is 1. The normalized spacial score (nSPS) is 11.2. The summed E-state index contributed by atoms with van der Waals surface area (Å²) in [7, 11) is 2.01. The Hall–Kier alpha value is -2.95. The van der Waals surface area contributed by atoms with E-state index in [4.69, 9.17) is 9.47 Å². The molecule has 1 amide bonds. The standard InChI is InChI=1S/C27H36N2O3/c1-6-8-14-31-25-18-26(32-15-9-7-2)23(17-22(25)19(3)4)27(30)28-21-10-11-24-20(16-21)12-13-29(24)5/h10-13,16-19H,6-9,14-15H2,1-5H3,(H,28,30). The fourth-order valence-electron chi connectivity index (χ4n) is 3.66. The predicted molar refractivity (Wildman–Crippen MR) is 132 cm³/mol. The number of nitrogens with zero attached hydrogens (tertiary/aromatic N) is 1. The SMILES string of the molecule is CCCCOc1cc(OCCCC)c(C(C)C)cc1C(=O)Nc1ccc2c(ccn2C)c1. The van der Waals surface area contributed by atoms with Crippen molar-refractivity contribution < 1.29 is 14.3 Å². The molecule has 0 aliphatic heterocycles. The highest BCUT2D eigenvalue weighted by Gasteiger charge is 2.20. The van der Waals surface area contributed by atoms with Gasteiger partial charge in [0.25, 0.3) is 5.91 Å². The van der Waals surface area contributed by atoms with Gasteiger partial charge in [0.1, 0.15) is 11.5 Å². The molecule has 172 valence electrons. The number of benzene rings is 2. The molecule has 1 heterocycles. The van der Waals surface area contributed by atoms with E-state index in [0.29, 0.717) is 24.5 Å². The number of unbranched alkanes of at least 4 members (excludes halogenated alkanes) is 2. The molecule has 0 saturated carbocycles. The number of fused-ring (bicyclic) bond motifs is 1. The Morgan fingerprint density at radius 2 is 1.66 bits per heavy atom. The summed E-state index contributed by atoms with van der Waals surface area (Å²) in [5, 5.41) is 4.15. The molecule has 0 aliphatic rings. The zero-order valence-corrected chi connectivity index (χ0v) is 20.0. The average Bonchev–Trinajstić information content (AvgIpc) is 3.14. The van der Waals surface area contributed by atoms with Crippen molar-refractivity contribution in [1.82, 2.24) is 4.57 Å². The molecule has 1 N–H and O–H groups in total. The Balaban J connectivity index is 1.92. The molecule has 2 aromatic carbocycles. The lowest BCUT2D eigenvalue weighted by atomic mass is 9.98. The van der Waals surface area contributed by atoms with Crippen LogP contribution >= 0.6 is 0 Å². The molecule has 32 heavy (non-hydrogen) atoms. The van der Waals surface area contributed by atoms with Crippen molar-refractivity contribution in [3.8, 4) is 11.5 Å². The van der Waals surface area contributed by atoms with Crippen LogP contribution in [0.1, 0.15) is 75.2 Å². The van der Waals surface area contributed by atoms with Crippen molar-refractivity contribution in [2.75, 3.05) is 18.5 Å². The number of hydrogen-bond acceptors (Lipinski definition) is 3. The van der Waals surface area contributed by atoms with E-state index in [1.165, 1.54) is 0 Å². The summed E-state index contributed by atoms with van der Waals surface area (Å²) in [5.41, 5.74) is 3.46. The number of ether oxygens (including phenoxy) is 2. The molecule has 5 heteroatoms. The van der Waals surface area contributed by atoms with Crippen LogP contribution in [0.25, 0.3) is 10.9 Å². The van der Waals surface area contributed by atoms with Crippen LogP contribution in [0, 0.1) is 0 Å². The number of anilines is 1. The minimum atomic E-state index is -0.172. The Bertz CT molecular complexity index is 1050. The molecule has 0 radical (unpaired) electrons. The largest absolute Gasteiger partial charge is 0.493 e. The number of carbonyl (C=O) groups is 1. The second-order valence-corrected chi connectivity index (χ2v) is 8.60. The molecule has 0 bridgehead atoms. The third kappa shape index (κ3) is 5.64. The lowest BCUT2D eigenvalue weighted by Crippen LogP contribution is -2.15. The predicted octanol–water partition coefficient (Wildman–Crippen LogP) is 6.91. The first-order valence-corrected chi connectivity index (χ1v) is 11.7. The highest BCUT2D eigenvalue weighted by atomic mass is 16.5. The maximum Gasteiger partial charge on any atom is 0.259 e. The maximum absolute atomic E-state index is 13.3. The Morgan fingerprint density at radius 3 is 2.31 bits per heavy atom. The van der Waals surface area contributed by atoms with Crippen LogP contribution in [0.2, 0.25) is 0 Å². The van der Waals surface area contributed by atoms with E-state index >= 15 is 0 Å². The molecule has 0 saturated heterocycles. The minimum Gasteiger partial charge on any atom is -0.493 e. The zero-order chi connectivity index (χ0) is 23.1. The highest BCUT2D eigenvalue weighted by Crippen LogP contribution is 2.35. The third-order valence-electron chi connectivity index (χ3n) is 5.63. The summed E-state index contributed by atoms with van der Waals surface area (Å²) in [6.07, 6.45) is 6.05. The average molecular weight is 437 g/mol. The summed E-state index contributed by atoms with van der Waals surface area (Å²) in [4.78, 5) is 13.3. The van der Waals surface area contributed by atoms with Crippen molar-refractivity contribution in [2.24, 2.45) is 7.05 Å². The van der Waals surface area contributed by atoms with Crippen molar-refractivity contribution >= 4 is 22.5 Å². The number of carbonyl (C=O) groups excluding carboxylic acids is 1. The van der Waals surface area contributed by atoms with Crippen LogP contribution in [0.3, 0.4) is 0 Å². The van der Waals surface area contributed by atoms with Gasteiger partial charge in [-0.1, -0.05) is 40.5 Å². The van der Waals surface area contributed by atoms with Crippen LogP contribution < -0.4 is 14.8 Å². The van der Waals surface area contributed by atoms with Gasteiger partial charge in [0.15, 0.2) is 0 Å². The Morgan fingerprint density at radius 1 is 0.969 bits per heavy atom. The molecule has 3 rings (SSSR count). The molecular weight excluding hydrogens is 400 g/mol. The van der Waals surface area contributed by atoms with Gasteiger partial charge >= 0.3 is 0 Å². The van der Waals surface area contributed by atoms with Crippen LogP contribution in [0.5, 0.6) is 11.5 Å². The van der Waals surface area contributed by atoms with E-state index in [1.807, 2.05) is 49.6 Å². The summed E-state index contributed by atoms with van der Waals surface area (Å²) in [6, 6.07) is 11.8. The lowest BCUT2D eigenvalue weighted by Gasteiger charge is -2.19. The summed E-state index contributed by atoms with van der Waals surface area (Å²) in [6.45, 7) is 9.73. The van der Waals surface area contributed by atoms with E-state index < -0.39 is 0 Å². The Kier molecular flexibility index (Phi) is 8.20. The van der Waals surface area contributed by atoms with Gasteiger partial charge in [-0.05, 0) is 54.7 Å². The van der Waals surface area contributed by atoms with Crippen molar-refractivity contribution in [3.05, 3.63) is 53.7 Å². The molecule has 3 aromatic rings. The highest BCUT2D eigenvalue weighted by molar-refractivity contribution is 6.07. The molecular formula is C27H36N2O3. The third-order valence-corrected chi connectivity index (χ3v) is 5.63. The summed E-state index contributed by atoms with van der Waals surface area (Å²) < 4.78 is 14.2. The van der Waals surface area contributed by atoms with Gasteiger partial charge in [0, 0.05) is 35.9 Å². The van der Waals surface area contributed by atoms with E-state index in [2.05, 4.69) is 37.6 Å². The fourth-order valence-corrected chi connectivity index (χ4v) is 3.66. The number of aryl methyl sites for hydroxylation is 1. The van der Waals surface area contributed by atoms with Crippen molar-refractivity contribution in [2.45, 2.75) is 59.3 Å². The lowest BCUT2D eigenvalue weighted by molar-refractivity contribution is 0.102. The molecule has 0 fully saturated rings. The second kappa shape index (κ2) is 11.1. The van der Waals surface area contributed by atoms with Gasteiger partial charge in [-0.15, -0.1) is 0 Å². The topological polar surface area (TPSA) is 52.5 Å². The first-order valence-electron chi connectivity index (χ1n) is 11.7. The van der Waals surface area contributed by atoms with Crippen LogP contribution in [-0.2, 0) is 7.05 Å². The van der Waals surface area contributed by atoms with Crippen LogP contribution in [-0.4, -0.2) is 23.7 Å². The van der Waals surface area contributed by atoms with Crippen LogP contribution in [0.15, 0.2) is 42.6 Å². The molecule has 0 aliphatic carbocycles. The maximum atomic E-state index is 13.3. The van der Waals surface area contributed by atoms with Crippen LogP contribution in [0.4, 0.5) is 5.69 Å². The van der Waals surface area contributed by atoms with Gasteiger partial charge in [0.05, 0.1) is 18.8 Å². The second-order valence-electron chi connectivity index (χ2n) is 8.60. The summed E-state index contributed by atoms with van der Waals surface area (Å²) >= 11 is 0. The van der Waals surface area contributed by atoms with E-state index in [-0.39, 0.29) is 11.8 Å². The van der Waals surface area contributed by atoms with Crippen molar-refractivity contribution in [3.63, 3.8) is 0 Å². The van der Waals surface area contributed by atoms with Gasteiger partial charge in [-0.25, -0.2) is 0 Å². The molecule has 1 aromatic heterocycles. The number of hydrogen-bond donors (Lipinski definition) is 1. The first-order chi connectivity index (χ1) is 15.4. The Labute approximate surface area is 191 Å². The first kappa shape index (κ1) is 23.7. The number of aromatic nitrogens is 1. The minimum absolute atomic E-state index is 0.172. The van der Waals surface area contributed by atoms with Crippen molar-refractivity contribution in [1.29, 1.82) is 0 Å². The van der Waals surface area contributed by atoms with E-state index in [9.17, 15) is 4.79 Å². The number of amides is 1. The molecule has 0 atom stereocenters. The molecule has 0 spiro atoms. The van der Waals surface area contributed by atoms with Gasteiger partial charge < -0.3 is 19.4 Å². The monoisotopic (exact) mass is 436 g/mol. The zero-order valence-electron chi connectivity index (χ0n) is 20.0. The molecule has 5 nitrogen and oxygen atoms in total. The van der Waals surface area contributed by atoms with E-state index in [0.717, 1.165) is 53.6 Å². The smallest absolute Gasteiger partial charge is 0.259 e.